The van der Waals surface area contributed by atoms with Crippen molar-refractivity contribution in [1.82, 2.24) is 34.2 Å². The molecule has 1 amide bonds. The molecule has 1 fully saturated rings. The first-order chi connectivity index (χ1) is 19.5. The molecular formula is C27H32FN7O5S. The fourth-order valence-electron chi connectivity index (χ4n) is 4.89. The molecule has 3 aromatic heterocycles. The molecule has 1 aromatic carbocycles. The standard InChI is InChI=1S/C27H32FN7O5S/c1-6-34-30-22(29-31-34)15-33-19-14-21(18-8-7-16(28)13-20(18)39-5)41-23(19)24(36)35(25(33)37)17-9-11-32(12-10-17)26(38)40-27(2,3)4/h7-8,13-14,17H,6,9-12,15H2,1-5H3. The molecule has 0 N–H and O–H groups in total. The van der Waals surface area contributed by atoms with Crippen molar-refractivity contribution < 1.29 is 18.7 Å². The van der Waals surface area contributed by atoms with E-state index >= 15 is 0 Å². The van der Waals surface area contributed by atoms with E-state index in [4.69, 9.17) is 9.47 Å². The van der Waals surface area contributed by atoms with Crippen LogP contribution in [0.4, 0.5) is 9.18 Å². The summed E-state index contributed by atoms with van der Waals surface area (Å²) < 4.78 is 27.9. The number of nitrogens with zero attached hydrogens (tertiary/aromatic N) is 7. The monoisotopic (exact) mass is 585 g/mol. The minimum atomic E-state index is -0.624. The van der Waals surface area contributed by atoms with Gasteiger partial charge in [0.1, 0.15) is 21.9 Å². The van der Waals surface area contributed by atoms with Gasteiger partial charge in [0.15, 0.2) is 5.82 Å². The first-order valence-corrected chi connectivity index (χ1v) is 14.2. The van der Waals surface area contributed by atoms with Gasteiger partial charge in [0, 0.05) is 35.6 Å². The van der Waals surface area contributed by atoms with Crippen LogP contribution in [-0.4, -0.2) is 66.1 Å². The molecule has 41 heavy (non-hydrogen) atoms. The SMILES string of the molecule is CCn1nnc(Cn2c(=O)n(C3CCN(C(=O)OC(C)(C)C)CC3)c(=O)c3sc(-c4ccc(F)cc4OC)cc32)n1. The lowest BCUT2D eigenvalue weighted by molar-refractivity contribution is 0.0186. The molecule has 0 radical (unpaired) electrons. The Morgan fingerprint density at radius 1 is 1.17 bits per heavy atom. The highest BCUT2D eigenvalue weighted by Gasteiger charge is 2.30. The van der Waals surface area contributed by atoms with Crippen LogP contribution in [0.25, 0.3) is 20.7 Å². The molecule has 4 heterocycles. The van der Waals surface area contributed by atoms with E-state index in [1.807, 2.05) is 6.92 Å². The zero-order valence-electron chi connectivity index (χ0n) is 23.6. The van der Waals surface area contributed by atoms with Gasteiger partial charge in [-0.2, -0.15) is 4.80 Å². The Kier molecular flexibility index (Phi) is 7.68. The van der Waals surface area contributed by atoms with Crippen molar-refractivity contribution in [2.24, 2.45) is 0 Å². The number of ether oxygens (including phenoxy) is 2. The lowest BCUT2D eigenvalue weighted by atomic mass is 10.1. The number of halogens is 1. The normalized spacial score (nSPS) is 14.5. The van der Waals surface area contributed by atoms with Gasteiger partial charge < -0.3 is 14.4 Å². The van der Waals surface area contributed by atoms with Gasteiger partial charge in [0.2, 0.25) is 0 Å². The maximum atomic E-state index is 14.0. The van der Waals surface area contributed by atoms with E-state index in [-0.39, 0.29) is 6.54 Å². The smallest absolute Gasteiger partial charge is 0.410 e. The maximum absolute atomic E-state index is 14.0. The van der Waals surface area contributed by atoms with E-state index in [0.29, 0.717) is 64.7 Å². The Hall–Kier alpha value is -4.07. The summed E-state index contributed by atoms with van der Waals surface area (Å²) in [6.45, 7) is 8.50. The van der Waals surface area contributed by atoms with Gasteiger partial charge in [0.05, 0.1) is 25.7 Å². The third-order valence-corrected chi connectivity index (χ3v) is 7.99. The van der Waals surface area contributed by atoms with Gasteiger partial charge in [0.25, 0.3) is 5.56 Å². The summed E-state index contributed by atoms with van der Waals surface area (Å²) in [5, 5.41) is 12.4. The molecule has 12 nitrogen and oxygen atoms in total. The number of piperidine rings is 1. The summed E-state index contributed by atoms with van der Waals surface area (Å²) in [5.74, 6) is 0.189. The first-order valence-electron chi connectivity index (χ1n) is 13.4. The third kappa shape index (κ3) is 5.73. The van der Waals surface area contributed by atoms with Crippen molar-refractivity contribution in [2.45, 2.75) is 65.3 Å². The number of amides is 1. The van der Waals surface area contributed by atoms with E-state index in [1.165, 1.54) is 44.5 Å². The van der Waals surface area contributed by atoms with Gasteiger partial charge in [-0.15, -0.1) is 21.5 Å². The van der Waals surface area contributed by atoms with Gasteiger partial charge in [-0.25, -0.2) is 14.0 Å². The largest absolute Gasteiger partial charge is 0.496 e. The number of tetrazole rings is 1. The molecule has 0 spiro atoms. The summed E-state index contributed by atoms with van der Waals surface area (Å²) >= 11 is 1.20. The van der Waals surface area contributed by atoms with E-state index in [0.717, 1.165) is 0 Å². The number of carbonyl (C=O) groups excluding carboxylic acids is 1. The Morgan fingerprint density at radius 2 is 1.90 bits per heavy atom. The average molecular weight is 586 g/mol. The van der Waals surface area contributed by atoms with Crippen LogP contribution >= 0.6 is 11.3 Å². The van der Waals surface area contributed by atoms with Crippen molar-refractivity contribution in [2.75, 3.05) is 20.2 Å². The number of fused-ring (bicyclic) bond motifs is 1. The molecule has 0 atom stereocenters. The number of benzene rings is 1. The summed E-state index contributed by atoms with van der Waals surface area (Å²) in [4.78, 5) is 44.1. The minimum Gasteiger partial charge on any atom is -0.496 e. The quantitative estimate of drug-likeness (QED) is 0.336. The third-order valence-electron chi connectivity index (χ3n) is 6.84. The molecule has 14 heteroatoms. The van der Waals surface area contributed by atoms with Gasteiger partial charge in [-0.1, -0.05) is 0 Å². The van der Waals surface area contributed by atoms with Gasteiger partial charge >= 0.3 is 11.8 Å². The number of hydrogen-bond donors (Lipinski definition) is 0. The fraction of sp³-hybridized carbons (Fsp3) is 0.481. The maximum Gasteiger partial charge on any atom is 0.410 e. The van der Waals surface area contributed by atoms with E-state index in [2.05, 4.69) is 15.4 Å². The number of thiophene rings is 1. The van der Waals surface area contributed by atoms with Crippen LogP contribution in [0.15, 0.2) is 33.9 Å². The topological polar surface area (TPSA) is 126 Å². The number of hydrogen-bond acceptors (Lipinski definition) is 9. The van der Waals surface area contributed by atoms with Gasteiger partial charge in [-0.3, -0.25) is 13.9 Å². The van der Waals surface area contributed by atoms with Crippen LogP contribution in [0.3, 0.4) is 0 Å². The molecule has 0 bridgehead atoms. The van der Waals surface area contributed by atoms with Crippen molar-refractivity contribution in [3.8, 4) is 16.2 Å². The zero-order valence-corrected chi connectivity index (χ0v) is 24.4. The summed E-state index contributed by atoms with van der Waals surface area (Å²) in [6, 6.07) is 5.49. The second kappa shape index (κ2) is 11.1. The lowest BCUT2D eigenvalue weighted by Gasteiger charge is -2.34. The molecule has 0 aliphatic carbocycles. The molecule has 218 valence electrons. The second-order valence-corrected chi connectivity index (χ2v) is 11.9. The lowest BCUT2D eigenvalue weighted by Crippen LogP contribution is -2.47. The van der Waals surface area contributed by atoms with E-state index in [9.17, 15) is 18.8 Å². The van der Waals surface area contributed by atoms with Crippen LogP contribution in [0.1, 0.15) is 52.4 Å². The number of aryl methyl sites for hydroxylation is 1. The van der Waals surface area contributed by atoms with E-state index < -0.39 is 34.8 Å². The highest BCUT2D eigenvalue weighted by atomic mass is 32.1. The summed E-state index contributed by atoms with van der Waals surface area (Å²) in [7, 11) is 1.45. The fourth-order valence-corrected chi connectivity index (χ4v) is 6.02. The number of carbonyl (C=O) groups is 1. The Balaban J connectivity index is 1.58. The van der Waals surface area contributed by atoms with Crippen molar-refractivity contribution in [3.05, 3.63) is 56.7 Å². The Morgan fingerprint density at radius 3 is 2.54 bits per heavy atom. The Labute approximate surface area is 238 Å². The molecule has 5 rings (SSSR count). The molecule has 0 saturated carbocycles. The highest BCUT2D eigenvalue weighted by molar-refractivity contribution is 7.22. The number of likely N-dealkylation sites (tertiary alicyclic amines) is 1. The van der Waals surface area contributed by atoms with Crippen LogP contribution in [0, 0.1) is 5.82 Å². The van der Waals surface area contributed by atoms with E-state index in [1.54, 1.807) is 37.8 Å². The van der Waals surface area contributed by atoms with Crippen molar-refractivity contribution in [1.29, 1.82) is 0 Å². The molecule has 0 unspecified atom stereocenters. The van der Waals surface area contributed by atoms with Crippen molar-refractivity contribution in [3.63, 3.8) is 0 Å². The highest BCUT2D eigenvalue weighted by Crippen LogP contribution is 2.37. The van der Waals surface area contributed by atoms with Gasteiger partial charge in [-0.05, 0) is 63.9 Å². The average Bonchev–Trinajstić information content (AvgIpc) is 3.58. The molecular weight excluding hydrogens is 553 g/mol. The van der Waals surface area contributed by atoms with Crippen LogP contribution < -0.4 is 16.0 Å². The second-order valence-electron chi connectivity index (χ2n) is 10.8. The minimum absolute atomic E-state index is 0.00307. The molecule has 1 aliphatic heterocycles. The number of aromatic nitrogens is 6. The van der Waals surface area contributed by atoms with Crippen LogP contribution in [-0.2, 0) is 17.8 Å². The predicted octanol–water partition coefficient (Wildman–Crippen LogP) is 3.67. The zero-order chi connectivity index (χ0) is 29.5. The summed E-state index contributed by atoms with van der Waals surface area (Å²) in [6.07, 6.45) is 0.403. The Bertz CT molecular complexity index is 1710. The van der Waals surface area contributed by atoms with Crippen LogP contribution in [0.5, 0.6) is 5.75 Å². The van der Waals surface area contributed by atoms with Crippen molar-refractivity contribution >= 4 is 27.6 Å². The number of rotatable bonds is 6. The van der Waals surface area contributed by atoms with Crippen LogP contribution in [0.2, 0.25) is 0 Å². The molecule has 1 aliphatic rings. The first kappa shape index (κ1) is 28.5. The number of methoxy groups -OCH3 is 1. The summed E-state index contributed by atoms with van der Waals surface area (Å²) in [5.41, 5.74) is -0.523. The molecule has 4 aromatic rings. The molecule has 1 saturated heterocycles. The predicted molar refractivity (Wildman–Crippen MR) is 151 cm³/mol.